The second-order valence-electron chi connectivity index (χ2n) is 8.81. The summed E-state index contributed by atoms with van der Waals surface area (Å²) < 4.78 is 7.84. The first-order chi connectivity index (χ1) is 12.5. The van der Waals surface area contributed by atoms with Crippen LogP contribution >= 0.6 is 0 Å². The van der Waals surface area contributed by atoms with Gasteiger partial charge in [0.25, 0.3) is 0 Å². The average Bonchev–Trinajstić information content (AvgIpc) is 3.32. The number of hydrogen-bond donors (Lipinski definition) is 1. The van der Waals surface area contributed by atoms with Gasteiger partial charge in [-0.25, -0.2) is 0 Å². The largest absolute Gasteiger partial charge is 0.377 e. The van der Waals surface area contributed by atoms with E-state index in [1.165, 1.54) is 18.4 Å². The number of hydrogen-bond acceptors (Lipinski definition) is 3. The monoisotopic (exact) mass is 359 g/mol. The Bertz CT molecular complexity index is 667. The molecule has 1 saturated carbocycles. The quantitative estimate of drug-likeness (QED) is 0.660. The fraction of sp³-hybridized carbons (Fsp3) is 0.800. The third-order valence-electron chi connectivity index (χ3n) is 6.56. The SMILES string of the molecule is CCN=C(NC1C2CCOC2C1(C)C)N1CCC(Cc2cnn(C)c2)C1. The van der Waals surface area contributed by atoms with E-state index in [4.69, 9.17) is 9.73 Å². The minimum Gasteiger partial charge on any atom is -0.377 e. The summed E-state index contributed by atoms with van der Waals surface area (Å²) in [6, 6.07) is 0.470. The van der Waals surface area contributed by atoms with E-state index in [0.29, 0.717) is 24.0 Å². The number of rotatable bonds is 4. The van der Waals surface area contributed by atoms with E-state index < -0.39 is 0 Å². The highest BCUT2D eigenvalue weighted by molar-refractivity contribution is 5.81. The van der Waals surface area contributed by atoms with Gasteiger partial charge in [-0.2, -0.15) is 5.10 Å². The molecule has 0 bridgehead atoms. The summed E-state index contributed by atoms with van der Waals surface area (Å²) in [6.07, 6.45) is 8.06. The normalized spacial score (nSPS) is 33.2. The van der Waals surface area contributed by atoms with Gasteiger partial charge >= 0.3 is 0 Å². The van der Waals surface area contributed by atoms with Crippen molar-refractivity contribution in [2.24, 2.45) is 29.3 Å². The lowest BCUT2D eigenvalue weighted by Crippen LogP contribution is -2.68. The van der Waals surface area contributed by atoms with Gasteiger partial charge in [-0.1, -0.05) is 13.8 Å². The Labute approximate surface area is 157 Å². The van der Waals surface area contributed by atoms with E-state index in [2.05, 4.69) is 42.3 Å². The number of aliphatic imine (C=N–C) groups is 1. The Balaban J connectivity index is 1.39. The van der Waals surface area contributed by atoms with Gasteiger partial charge in [0.15, 0.2) is 5.96 Å². The standard InChI is InChI=1S/C20H33N5O/c1-5-21-19(23-17-16-7-9-26-18(16)20(17,2)3)25-8-6-14(13-25)10-15-11-22-24(4)12-15/h11-12,14,16-18H,5-10,13H2,1-4H3,(H,21,23). The molecule has 1 N–H and O–H groups in total. The van der Waals surface area contributed by atoms with Crippen molar-refractivity contribution in [3.8, 4) is 0 Å². The van der Waals surface area contributed by atoms with Crippen molar-refractivity contribution in [1.29, 1.82) is 0 Å². The summed E-state index contributed by atoms with van der Waals surface area (Å²) in [4.78, 5) is 7.29. The number of guanidine groups is 1. The molecule has 26 heavy (non-hydrogen) atoms. The van der Waals surface area contributed by atoms with E-state index >= 15 is 0 Å². The van der Waals surface area contributed by atoms with E-state index in [1.54, 1.807) is 0 Å². The van der Waals surface area contributed by atoms with Crippen molar-refractivity contribution in [2.45, 2.75) is 52.2 Å². The van der Waals surface area contributed by atoms with Crippen LogP contribution in [0.4, 0.5) is 0 Å². The molecule has 0 spiro atoms. The third kappa shape index (κ3) is 3.13. The van der Waals surface area contributed by atoms with E-state index in [1.807, 2.05) is 17.9 Å². The Hall–Kier alpha value is -1.56. The highest BCUT2D eigenvalue weighted by atomic mass is 16.5. The van der Waals surface area contributed by atoms with Crippen molar-refractivity contribution < 1.29 is 4.74 Å². The Morgan fingerprint density at radius 2 is 2.27 bits per heavy atom. The van der Waals surface area contributed by atoms with Gasteiger partial charge in [0.2, 0.25) is 0 Å². The van der Waals surface area contributed by atoms with E-state index in [-0.39, 0.29) is 5.41 Å². The molecule has 4 rings (SSSR count). The first-order valence-corrected chi connectivity index (χ1v) is 10.1. The molecule has 1 aromatic heterocycles. The van der Waals surface area contributed by atoms with Gasteiger partial charge in [0.05, 0.1) is 12.3 Å². The summed E-state index contributed by atoms with van der Waals surface area (Å²) in [5.74, 6) is 2.42. The molecule has 0 aromatic carbocycles. The molecule has 144 valence electrons. The lowest BCUT2D eigenvalue weighted by atomic mass is 9.57. The maximum atomic E-state index is 5.95. The van der Waals surface area contributed by atoms with Crippen LogP contribution in [0.2, 0.25) is 0 Å². The van der Waals surface area contributed by atoms with Crippen molar-refractivity contribution in [2.75, 3.05) is 26.2 Å². The molecule has 1 aromatic rings. The van der Waals surface area contributed by atoms with Gasteiger partial charge in [-0.3, -0.25) is 9.67 Å². The molecule has 2 aliphatic heterocycles. The molecular formula is C20H33N5O. The maximum absolute atomic E-state index is 5.95. The van der Waals surface area contributed by atoms with Gasteiger partial charge < -0.3 is 15.0 Å². The van der Waals surface area contributed by atoms with Crippen molar-refractivity contribution in [3.05, 3.63) is 18.0 Å². The Kier molecular flexibility index (Phi) is 4.71. The summed E-state index contributed by atoms with van der Waals surface area (Å²) in [7, 11) is 1.99. The Morgan fingerprint density at radius 1 is 1.42 bits per heavy atom. The van der Waals surface area contributed by atoms with Crippen LogP contribution in [0.5, 0.6) is 0 Å². The molecule has 1 aliphatic carbocycles. The average molecular weight is 360 g/mol. The van der Waals surface area contributed by atoms with Gasteiger partial charge in [0.1, 0.15) is 0 Å². The topological polar surface area (TPSA) is 54.7 Å². The molecule has 4 unspecified atom stereocenters. The van der Waals surface area contributed by atoms with Crippen molar-refractivity contribution in [3.63, 3.8) is 0 Å². The van der Waals surface area contributed by atoms with Crippen molar-refractivity contribution in [1.82, 2.24) is 20.0 Å². The van der Waals surface area contributed by atoms with Crippen LogP contribution in [0.1, 0.15) is 39.2 Å². The first-order valence-electron chi connectivity index (χ1n) is 10.1. The molecule has 6 nitrogen and oxygen atoms in total. The van der Waals surface area contributed by atoms with Crippen LogP contribution in [0.25, 0.3) is 0 Å². The zero-order valence-corrected chi connectivity index (χ0v) is 16.6. The minimum absolute atomic E-state index is 0.185. The van der Waals surface area contributed by atoms with Crippen molar-refractivity contribution >= 4 is 5.96 Å². The lowest BCUT2D eigenvalue weighted by molar-refractivity contribution is -0.107. The highest BCUT2D eigenvalue weighted by Crippen LogP contribution is 2.52. The van der Waals surface area contributed by atoms with Crippen LogP contribution in [-0.2, 0) is 18.2 Å². The molecule has 0 amide bonds. The van der Waals surface area contributed by atoms with E-state index in [9.17, 15) is 0 Å². The molecule has 4 atom stereocenters. The second kappa shape index (κ2) is 6.87. The summed E-state index contributed by atoms with van der Waals surface area (Å²) in [5, 5.41) is 8.13. The fourth-order valence-corrected chi connectivity index (χ4v) is 5.25. The molecule has 3 aliphatic rings. The van der Waals surface area contributed by atoms with Crippen LogP contribution in [0, 0.1) is 17.3 Å². The number of aryl methyl sites for hydroxylation is 1. The molecular weight excluding hydrogens is 326 g/mol. The minimum atomic E-state index is 0.185. The van der Waals surface area contributed by atoms with Crippen LogP contribution < -0.4 is 5.32 Å². The number of aromatic nitrogens is 2. The molecule has 6 heteroatoms. The first kappa shape index (κ1) is 17.8. The molecule has 2 saturated heterocycles. The van der Waals surface area contributed by atoms with Crippen LogP contribution in [0.3, 0.4) is 0 Å². The van der Waals surface area contributed by atoms with Gasteiger partial charge in [-0.05, 0) is 37.7 Å². The Morgan fingerprint density at radius 3 is 3.00 bits per heavy atom. The molecule has 3 fully saturated rings. The summed E-state index contributed by atoms with van der Waals surface area (Å²) >= 11 is 0. The zero-order chi connectivity index (χ0) is 18.3. The molecule has 0 radical (unpaired) electrons. The van der Waals surface area contributed by atoms with Gasteiger partial charge in [0, 0.05) is 56.9 Å². The third-order valence-corrected chi connectivity index (χ3v) is 6.56. The zero-order valence-electron chi connectivity index (χ0n) is 16.6. The van der Waals surface area contributed by atoms with Crippen LogP contribution in [-0.4, -0.2) is 59.0 Å². The van der Waals surface area contributed by atoms with Gasteiger partial charge in [-0.15, -0.1) is 0 Å². The van der Waals surface area contributed by atoms with E-state index in [0.717, 1.165) is 38.6 Å². The second-order valence-corrected chi connectivity index (χ2v) is 8.81. The highest BCUT2D eigenvalue weighted by Gasteiger charge is 2.59. The predicted octanol–water partition coefficient (Wildman–Crippen LogP) is 2.06. The summed E-state index contributed by atoms with van der Waals surface area (Å²) in [5.41, 5.74) is 1.53. The number of ether oxygens (including phenoxy) is 1. The molecule has 3 heterocycles. The maximum Gasteiger partial charge on any atom is 0.194 e. The number of likely N-dealkylation sites (tertiary alicyclic amines) is 1. The van der Waals surface area contributed by atoms with Crippen LogP contribution in [0.15, 0.2) is 17.4 Å². The smallest absolute Gasteiger partial charge is 0.194 e. The number of nitrogens with zero attached hydrogens (tertiary/aromatic N) is 4. The number of nitrogens with one attached hydrogen (secondary N) is 1. The fourth-order valence-electron chi connectivity index (χ4n) is 5.25. The lowest BCUT2D eigenvalue weighted by Gasteiger charge is -2.55. The predicted molar refractivity (Wildman–Crippen MR) is 103 cm³/mol. The summed E-state index contributed by atoms with van der Waals surface area (Å²) in [6.45, 7) is 10.7. The number of fused-ring (bicyclic) bond motifs is 1.